The molecule has 0 spiro atoms. The summed E-state index contributed by atoms with van der Waals surface area (Å²) in [5.41, 5.74) is 2.47. The van der Waals surface area contributed by atoms with Gasteiger partial charge in [0.25, 0.3) is 0 Å². The molecule has 2 nitrogen and oxygen atoms in total. The van der Waals surface area contributed by atoms with Crippen LogP contribution in [-0.2, 0) is 4.74 Å². The summed E-state index contributed by atoms with van der Waals surface area (Å²) in [5, 5.41) is 0. The van der Waals surface area contributed by atoms with Gasteiger partial charge in [-0.15, -0.1) is 0 Å². The topological polar surface area (TPSA) is 12.5 Å². The highest BCUT2D eigenvalue weighted by atomic mass is 16.5. The van der Waals surface area contributed by atoms with Crippen LogP contribution in [0.2, 0.25) is 0 Å². The minimum Gasteiger partial charge on any atom is -0.365 e. The van der Waals surface area contributed by atoms with Crippen LogP contribution in [0.3, 0.4) is 0 Å². The normalized spacial score (nSPS) is 25.7. The highest BCUT2D eigenvalue weighted by Gasteiger charge is 2.31. The summed E-state index contributed by atoms with van der Waals surface area (Å²) in [6.45, 7) is 4.60. The predicted molar refractivity (Wildman–Crippen MR) is 95.5 cm³/mol. The summed E-state index contributed by atoms with van der Waals surface area (Å²) in [7, 11) is 2.22. The standard InChI is InChI=1S/C21H27NO/c1-16-14-20(15-17(2)22(16)3)23-21(18-10-6-4-7-11-18)19-12-8-5-9-13-19/h4-13,16-17,20-21H,14-15H2,1-3H3. The van der Waals surface area contributed by atoms with Gasteiger partial charge in [0.15, 0.2) is 0 Å². The van der Waals surface area contributed by atoms with Crippen LogP contribution in [0.1, 0.15) is 43.9 Å². The second kappa shape index (κ2) is 7.29. The fraction of sp³-hybridized carbons (Fsp3) is 0.429. The maximum absolute atomic E-state index is 6.63. The zero-order valence-electron chi connectivity index (χ0n) is 14.4. The minimum absolute atomic E-state index is 0.0187. The molecule has 2 unspecified atom stereocenters. The Morgan fingerprint density at radius 2 is 1.26 bits per heavy atom. The lowest BCUT2D eigenvalue weighted by Gasteiger charge is -2.41. The molecule has 1 fully saturated rings. The molecule has 0 bridgehead atoms. The third-order valence-electron chi connectivity index (χ3n) is 5.13. The van der Waals surface area contributed by atoms with Gasteiger partial charge in [-0.3, -0.25) is 0 Å². The van der Waals surface area contributed by atoms with Gasteiger partial charge in [-0.1, -0.05) is 60.7 Å². The molecule has 2 aromatic carbocycles. The van der Waals surface area contributed by atoms with Crippen LogP contribution in [0.25, 0.3) is 0 Å². The Labute approximate surface area is 140 Å². The van der Waals surface area contributed by atoms with Crippen molar-refractivity contribution in [2.45, 2.75) is 51.0 Å². The summed E-state index contributed by atoms with van der Waals surface area (Å²) >= 11 is 0. The molecule has 1 aliphatic rings. The van der Waals surface area contributed by atoms with Gasteiger partial charge in [0.05, 0.1) is 6.10 Å². The number of nitrogens with zero attached hydrogens (tertiary/aromatic N) is 1. The number of hydrogen-bond donors (Lipinski definition) is 0. The lowest BCUT2D eigenvalue weighted by Crippen LogP contribution is -2.46. The highest BCUT2D eigenvalue weighted by molar-refractivity contribution is 5.30. The van der Waals surface area contributed by atoms with Crippen molar-refractivity contribution >= 4 is 0 Å². The van der Waals surface area contributed by atoms with Crippen LogP contribution < -0.4 is 0 Å². The van der Waals surface area contributed by atoms with Crippen LogP contribution in [0.15, 0.2) is 60.7 Å². The van der Waals surface area contributed by atoms with Gasteiger partial charge in [0, 0.05) is 12.1 Å². The van der Waals surface area contributed by atoms with Crippen molar-refractivity contribution in [2.24, 2.45) is 0 Å². The van der Waals surface area contributed by atoms with Crippen molar-refractivity contribution < 1.29 is 4.74 Å². The number of likely N-dealkylation sites (tertiary alicyclic amines) is 1. The van der Waals surface area contributed by atoms with Gasteiger partial charge in [0.2, 0.25) is 0 Å². The first-order chi connectivity index (χ1) is 11.1. The van der Waals surface area contributed by atoms with Crippen LogP contribution in [0.5, 0.6) is 0 Å². The monoisotopic (exact) mass is 309 g/mol. The molecule has 1 saturated heterocycles. The molecule has 2 heteroatoms. The first kappa shape index (κ1) is 16.2. The molecular formula is C21H27NO. The van der Waals surface area contributed by atoms with Crippen molar-refractivity contribution in [3.8, 4) is 0 Å². The van der Waals surface area contributed by atoms with E-state index < -0.39 is 0 Å². The van der Waals surface area contributed by atoms with Crippen LogP contribution in [0.4, 0.5) is 0 Å². The highest BCUT2D eigenvalue weighted by Crippen LogP contribution is 2.32. The van der Waals surface area contributed by atoms with Gasteiger partial charge in [0.1, 0.15) is 6.10 Å². The number of piperidine rings is 1. The molecule has 122 valence electrons. The maximum Gasteiger partial charge on any atom is 0.108 e. The molecule has 0 aromatic heterocycles. The fourth-order valence-corrected chi connectivity index (χ4v) is 3.53. The summed E-state index contributed by atoms with van der Waals surface area (Å²) in [5.74, 6) is 0. The fourth-order valence-electron chi connectivity index (χ4n) is 3.53. The molecule has 23 heavy (non-hydrogen) atoms. The molecule has 0 aliphatic carbocycles. The average Bonchev–Trinajstić information content (AvgIpc) is 2.59. The second-order valence-corrected chi connectivity index (χ2v) is 6.79. The number of ether oxygens (including phenoxy) is 1. The number of benzene rings is 2. The molecule has 1 aliphatic heterocycles. The molecule has 0 saturated carbocycles. The molecule has 0 amide bonds. The number of rotatable bonds is 4. The Morgan fingerprint density at radius 3 is 1.70 bits per heavy atom. The molecular weight excluding hydrogens is 282 g/mol. The van der Waals surface area contributed by atoms with Gasteiger partial charge in [-0.2, -0.15) is 0 Å². The van der Waals surface area contributed by atoms with E-state index in [0.717, 1.165) is 12.8 Å². The molecule has 2 atom stereocenters. The second-order valence-electron chi connectivity index (χ2n) is 6.79. The van der Waals surface area contributed by atoms with E-state index in [2.05, 4.69) is 86.5 Å². The van der Waals surface area contributed by atoms with Crippen molar-refractivity contribution in [1.82, 2.24) is 4.90 Å². The number of hydrogen-bond acceptors (Lipinski definition) is 2. The summed E-state index contributed by atoms with van der Waals surface area (Å²) in [4.78, 5) is 2.46. The van der Waals surface area contributed by atoms with Gasteiger partial charge >= 0.3 is 0 Å². The lowest BCUT2D eigenvalue weighted by molar-refractivity contribution is -0.0525. The van der Waals surface area contributed by atoms with E-state index in [9.17, 15) is 0 Å². The van der Waals surface area contributed by atoms with Gasteiger partial charge in [-0.25, -0.2) is 0 Å². The van der Waals surface area contributed by atoms with Crippen molar-refractivity contribution in [3.63, 3.8) is 0 Å². The SMILES string of the molecule is CC1CC(OC(c2ccccc2)c2ccccc2)CC(C)N1C. The van der Waals surface area contributed by atoms with Crippen LogP contribution >= 0.6 is 0 Å². The average molecular weight is 309 g/mol. The third kappa shape index (κ3) is 3.82. The molecule has 3 rings (SSSR count). The quantitative estimate of drug-likeness (QED) is 0.814. The Kier molecular flexibility index (Phi) is 5.14. The maximum atomic E-state index is 6.63. The lowest BCUT2D eigenvalue weighted by atomic mass is 9.94. The van der Waals surface area contributed by atoms with Gasteiger partial charge in [-0.05, 0) is 44.9 Å². The van der Waals surface area contributed by atoms with Crippen LogP contribution in [-0.4, -0.2) is 30.1 Å². The van der Waals surface area contributed by atoms with E-state index in [-0.39, 0.29) is 6.10 Å². The Bertz CT molecular complexity index is 546. The third-order valence-corrected chi connectivity index (χ3v) is 5.13. The predicted octanol–water partition coefficient (Wildman–Crippen LogP) is 4.66. The van der Waals surface area contributed by atoms with Gasteiger partial charge < -0.3 is 9.64 Å². The first-order valence-electron chi connectivity index (χ1n) is 8.62. The Morgan fingerprint density at radius 1 is 0.826 bits per heavy atom. The molecule has 0 radical (unpaired) electrons. The minimum atomic E-state index is 0.0187. The molecule has 2 aromatic rings. The molecule has 1 heterocycles. The Hall–Kier alpha value is -1.64. The zero-order valence-corrected chi connectivity index (χ0v) is 14.4. The van der Waals surface area contributed by atoms with Crippen molar-refractivity contribution in [1.29, 1.82) is 0 Å². The largest absolute Gasteiger partial charge is 0.365 e. The van der Waals surface area contributed by atoms with E-state index in [0.29, 0.717) is 18.2 Å². The summed E-state index contributed by atoms with van der Waals surface area (Å²) in [6, 6.07) is 22.3. The summed E-state index contributed by atoms with van der Waals surface area (Å²) in [6.07, 6.45) is 2.51. The van der Waals surface area contributed by atoms with E-state index in [1.807, 2.05) is 0 Å². The molecule has 0 N–H and O–H groups in total. The van der Waals surface area contributed by atoms with E-state index in [1.165, 1.54) is 11.1 Å². The smallest absolute Gasteiger partial charge is 0.108 e. The zero-order chi connectivity index (χ0) is 16.2. The Balaban J connectivity index is 1.82. The van der Waals surface area contributed by atoms with Crippen molar-refractivity contribution in [2.75, 3.05) is 7.05 Å². The van der Waals surface area contributed by atoms with E-state index in [1.54, 1.807) is 0 Å². The first-order valence-corrected chi connectivity index (χ1v) is 8.62. The van der Waals surface area contributed by atoms with E-state index in [4.69, 9.17) is 4.74 Å². The van der Waals surface area contributed by atoms with Crippen molar-refractivity contribution in [3.05, 3.63) is 71.8 Å². The van der Waals surface area contributed by atoms with E-state index >= 15 is 0 Å². The summed E-state index contributed by atoms with van der Waals surface area (Å²) < 4.78 is 6.63. The van der Waals surface area contributed by atoms with Crippen LogP contribution in [0, 0.1) is 0 Å².